The molecule has 0 radical (unpaired) electrons. The van der Waals surface area contributed by atoms with Crippen LogP contribution in [0.5, 0.6) is 0 Å². The second kappa shape index (κ2) is 5.46. The van der Waals surface area contributed by atoms with Gasteiger partial charge in [-0.15, -0.1) is 0 Å². The summed E-state index contributed by atoms with van der Waals surface area (Å²) in [5, 5.41) is 3.76. The maximum atomic E-state index is 3.76. The lowest BCUT2D eigenvalue weighted by Gasteiger charge is -2.33. The lowest BCUT2D eigenvalue weighted by atomic mass is 9.91. The molecule has 88 valence electrons. The number of benzene rings is 1. The predicted molar refractivity (Wildman–Crippen MR) is 68.5 cm³/mol. The molecule has 1 aromatic rings. The Morgan fingerprint density at radius 1 is 1.25 bits per heavy atom. The van der Waals surface area contributed by atoms with Gasteiger partial charge in [0.25, 0.3) is 0 Å². The minimum absolute atomic E-state index is 0.474. The van der Waals surface area contributed by atoms with Crippen molar-refractivity contribution in [2.45, 2.75) is 31.3 Å². The molecule has 1 unspecified atom stereocenters. The molecule has 0 aliphatic heterocycles. The van der Waals surface area contributed by atoms with Crippen molar-refractivity contribution in [3.05, 3.63) is 35.9 Å². The standard InChI is InChI=1S/C14H22N2/c1-16(2)11-14(15-13-9-6-10-13)12-7-4-3-5-8-12/h3-5,7-8,13-15H,6,9-11H2,1-2H3. The highest BCUT2D eigenvalue weighted by Gasteiger charge is 2.22. The molecular weight excluding hydrogens is 196 g/mol. The summed E-state index contributed by atoms with van der Waals surface area (Å²) in [6, 6.07) is 12.0. The fourth-order valence-corrected chi connectivity index (χ4v) is 2.16. The van der Waals surface area contributed by atoms with Crippen molar-refractivity contribution in [3.63, 3.8) is 0 Å². The molecule has 1 saturated carbocycles. The summed E-state index contributed by atoms with van der Waals surface area (Å²) in [4.78, 5) is 2.25. The summed E-state index contributed by atoms with van der Waals surface area (Å²) in [6.45, 7) is 1.07. The predicted octanol–water partition coefficient (Wildman–Crippen LogP) is 2.43. The molecule has 1 aliphatic carbocycles. The number of hydrogen-bond donors (Lipinski definition) is 1. The molecule has 1 aromatic carbocycles. The highest BCUT2D eigenvalue weighted by molar-refractivity contribution is 5.19. The number of nitrogens with zero attached hydrogens (tertiary/aromatic N) is 1. The van der Waals surface area contributed by atoms with Gasteiger partial charge in [0, 0.05) is 18.6 Å². The minimum Gasteiger partial charge on any atom is -0.308 e. The van der Waals surface area contributed by atoms with Crippen molar-refractivity contribution < 1.29 is 0 Å². The molecule has 1 N–H and O–H groups in total. The number of rotatable bonds is 5. The molecule has 0 amide bonds. The van der Waals surface area contributed by atoms with Crippen LogP contribution in [-0.2, 0) is 0 Å². The van der Waals surface area contributed by atoms with Crippen LogP contribution in [0.3, 0.4) is 0 Å². The van der Waals surface area contributed by atoms with Crippen LogP contribution in [0, 0.1) is 0 Å². The third-order valence-corrected chi connectivity index (χ3v) is 3.29. The second-order valence-electron chi connectivity index (χ2n) is 5.02. The summed E-state index contributed by atoms with van der Waals surface area (Å²) in [7, 11) is 4.27. The average molecular weight is 218 g/mol. The molecule has 2 rings (SSSR count). The first-order chi connectivity index (χ1) is 7.75. The fourth-order valence-electron chi connectivity index (χ4n) is 2.16. The molecule has 0 bridgehead atoms. The summed E-state index contributed by atoms with van der Waals surface area (Å²) >= 11 is 0. The first kappa shape index (κ1) is 11.6. The van der Waals surface area contributed by atoms with Gasteiger partial charge < -0.3 is 10.2 Å². The molecular formula is C14H22N2. The maximum absolute atomic E-state index is 3.76. The Kier molecular flexibility index (Phi) is 3.97. The van der Waals surface area contributed by atoms with E-state index in [9.17, 15) is 0 Å². The third kappa shape index (κ3) is 3.06. The normalized spacial score (nSPS) is 18.4. The van der Waals surface area contributed by atoms with Crippen LogP contribution in [0.15, 0.2) is 30.3 Å². The molecule has 2 nitrogen and oxygen atoms in total. The highest BCUT2D eigenvalue weighted by atomic mass is 15.1. The first-order valence-corrected chi connectivity index (χ1v) is 6.21. The van der Waals surface area contributed by atoms with Crippen molar-refractivity contribution in [3.8, 4) is 0 Å². The van der Waals surface area contributed by atoms with Gasteiger partial charge in [-0.3, -0.25) is 0 Å². The van der Waals surface area contributed by atoms with Crippen molar-refractivity contribution >= 4 is 0 Å². The summed E-state index contributed by atoms with van der Waals surface area (Å²) in [6.07, 6.45) is 4.08. The largest absolute Gasteiger partial charge is 0.308 e. The molecule has 0 saturated heterocycles. The Morgan fingerprint density at radius 3 is 2.44 bits per heavy atom. The zero-order valence-corrected chi connectivity index (χ0v) is 10.3. The quantitative estimate of drug-likeness (QED) is 0.816. The van der Waals surface area contributed by atoms with E-state index in [4.69, 9.17) is 0 Å². The van der Waals surface area contributed by atoms with E-state index in [0.29, 0.717) is 6.04 Å². The van der Waals surface area contributed by atoms with Crippen molar-refractivity contribution in [1.82, 2.24) is 10.2 Å². The fraction of sp³-hybridized carbons (Fsp3) is 0.571. The average Bonchev–Trinajstić information content (AvgIpc) is 2.22. The van der Waals surface area contributed by atoms with Gasteiger partial charge >= 0.3 is 0 Å². The van der Waals surface area contributed by atoms with Crippen molar-refractivity contribution in [2.24, 2.45) is 0 Å². The number of nitrogens with one attached hydrogen (secondary N) is 1. The second-order valence-corrected chi connectivity index (χ2v) is 5.02. The molecule has 16 heavy (non-hydrogen) atoms. The topological polar surface area (TPSA) is 15.3 Å². The zero-order valence-electron chi connectivity index (χ0n) is 10.3. The highest BCUT2D eigenvalue weighted by Crippen LogP contribution is 2.23. The van der Waals surface area contributed by atoms with E-state index in [1.54, 1.807) is 0 Å². The van der Waals surface area contributed by atoms with Crippen LogP contribution in [0.1, 0.15) is 30.9 Å². The lowest BCUT2D eigenvalue weighted by Crippen LogP contribution is -2.41. The van der Waals surface area contributed by atoms with E-state index in [1.165, 1.54) is 24.8 Å². The molecule has 0 aromatic heterocycles. The van der Waals surface area contributed by atoms with Gasteiger partial charge in [0.1, 0.15) is 0 Å². The van der Waals surface area contributed by atoms with Gasteiger partial charge in [0.05, 0.1) is 0 Å². The van der Waals surface area contributed by atoms with E-state index in [2.05, 4.69) is 54.6 Å². The van der Waals surface area contributed by atoms with Crippen molar-refractivity contribution in [2.75, 3.05) is 20.6 Å². The summed E-state index contributed by atoms with van der Waals surface area (Å²) in [5.74, 6) is 0. The van der Waals surface area contributed by atoms with Gasteiger partial charge in [-0.05, 0) is 32.5 Å². The molecule has 2 heteroatoms. The Labute approximate surface area is 98.7 Å². The number of hydrogen-bond acceptors (Lipinski definition) is 2. The lowest BCUT2D eigenvalue weighted by molar-refractivity contribution is 0.265. The molecule has 1 aliphatic rings. The van der Waals surface area contributed by atoms with Gasteiger partial charge in [-0.25, -0.2) is 0 Å². The van der Waals surface area contributed by atoms with Gasteiger partial charge in [-0.1, -0.05) is 36.8 Å². The van der Waals surface area contributed by atoms with Crippen LogP contribution in [0.4, 0.5) is 0 Å². The molecule has 1 atom stereocenters. The van der Waals surface area contributed by atoms with E-state index >= 15 is 0 Å². The summed E-state index contributed by atoms with van der Waals surface area (Å²) in [5.41, 5.74) is 1.41. The van der Waals surface area contributed by atoms with Crippen molar-refractivity contribution in [1.29, 1.82) is 0 Å². The monoisotopic (exact) mass is 218 g/mol. The van der Waals surface area contributed by atoms with Gasteiger partial charge in [0.2, 0.25) is 0 Å². The van der Waals surface area contributed by atoms with Crippen LogP contribution in [-0.4, -0.2) is 31.6 Å². The van der Waals surface area contributed by atoms with Crippen LogP contribution in [0.25, 0.3) is 0 Å². The first-order valence-electron chi connectivity index (χ1n) is 6.21. The smallest absolute Gasteiger partial charge is 0.0451 e. The Hall–Kier alpha value is -0.860. The SMILES string of the molecule is CN(C)CC(NC1CCC1)c1ccccc1. The van der Waals surface area contributed by atoms with Crippen LogP contribution < -0.4 is 5.32 Å². The van der Waals surface area contributed by atoms with Crippen LogP contribution in [0.2, 0.25) is 0 Å². The minimum atomic E-state index is 0.474. The van der Waals surface area contributed by atoms with E-state index in [0.717, 1.165) is 12.6 Å². The number of likely N-dealkylation sites (N-methyl/N-ethyl adjacent to an activating group) is 1. The molecule has 0 heterocycles. The Bertz CT molecular complexity index is 304. The molecule has 1 fully saturated rings. The zero-order chi connectivity index (χ0) is 11.4. The third-order valence-electron chi connectivity index (χ3n) is 3.29. The van der Waals surface area contributed by atoms with E-state index in [1.807, 2.05) is 0 Å². The van der Waals surface area contributed by atoms with E-state index in [-0.39, 0.29) is 0 Å². The van der Waals surface area contributed by atoms with Gasteiger partial charge in [0.15, 0.2) is 0 Å². The Balaban J connectivity index is 2.01. The Morgan fingerprint density at radius 2 is 1.94 bits per heavy atom. The molecule has 0 spiro atoms. The van der Waals surface area contributed by atoms with Crippen LogP contribution >= 0.6 is 0 Å². The maximum Gasteiger partial charge on any atom is 0.0451 e. The van der Waals surface area contributed by atoms with Gasteiger partial charge in [-0.2, -0.15) is 0 Å². The summed E-state index contributed by atoms with van der Waals surface area (Å²) < 4.78 is 0. The van der Waals surface area contributed by atoms with E-state index < -0.39 is 0 Å².